The van der Waals surface area contributed by atoms with Crippen LogP contribution in [0, 0.1) is 11.7 Å². The van der Waals surface area contributed by atoms with Gasteiger partial charge in [0.15, 0.2) is 9.84 Å². The van der Waals surface area contributed by atoms with Crippen molar-refractivity contribution in [3.05, 3.63) is 29.6 Å². The Labute approximate surface area is 94.4 Å². The highest BCUT2D eigenvalue weighted by atomic mass is 32.2. The maximum Gasteiger partial charge on any atom is 0.150 e. The summed E-state index contributed by atoms with van der Waals surface area (Å²) < 4.78 is 35.4. The SMILES string of the molecule is Nc1cc(F)ccc1CC1CCS(=O)(=O)C1. The number of benzene rings is 1. The Morgan fingerprint density at radius 1 is 1.44 bits per heavy atom. The fourth-order valence-corrected chi connectivity index (χ4v) is 3.96. The molecule has 1 aliphatic rings. The van der Waals surface area contributed by atoms with Crippen molar-refractivity contribution < 1.29 is 12.8 Å². The number of nitrogen functional groups attached to an aromatic ring is 1. The third-order valence-corrected chi connectivity index (χ3v) is 4.78. The molecule has 0 saturated carbocycles. The first-order valence-electron chi connectivity index (χ1n) is 5.20. The van der Waals surface area contributed by atoms with Gasteiger partial charge in [0.1, 0.15) is 5.82 Å². The molecule has 1 saturated heterocycles. The van der Waals surface area contributed by atoms with Gasteiger partial charge < -0.3 is 5.73 Å². The van der Waals surface area contributed by atoms with Crippen LogP contribution in [-0.4, -0.2) is 19.9 Å². The molecule has 0 amide bonds. The second kappa shape index (κ2) is 4.05. The molecule has 1 aromatic rings. The average Bonchev–Trinajstić information content (AvgIpc) is 2.51. The molecule has 0 radical (unpaired) electrons. The highest BCUT2D eigenvalue weighted by Crippen LogP contribution is 2.25. The zero-order valence-electron chi connectivity index (χ0n) is 8.82. The standard InChI is InChI=1S/C11H14FNO2S/c12-10-2-1-9(11(13)6-10)5-8-3-4-16(14,15)7-8/h1-2,6,8H,3-5,7,13H2. The Hall–Kier alpha value is -1.10. The van der Waals surface area contributed by atoms with E-state index in [1.165, 1.54) is 12.1 Å². The molecule has 2 rings (SSSR count). The van der Waals surface area contributed by atoms with Gasteiger partial charge in [0.05, 0.1) is 11.5 Å². The lowest BCUT2D eigenvalue weighted by Gasteiger charge is -2.10. The molecule has 5 heteroatoms. The number of rotatable bonds is 2. The van der Waals surface area contributed by atoms with Crippen LogP contribution in [0.15, 0.2) is 18.2 Å². The van der Waals surface area contributed by atoms with E-state index < -0.39 is 9.84 Å². The quantitative estimate of drug-likeness (QED) is 0.798. The molecule has 1 atom stereocenters. The Kier molecular flexibility index (Phi) is 2.88. The van der Waals surface area contributed by atoms with Gasteiger partial charge in [0.2, 0.25) is 0 Å². The maximum atomic E-state index is 12.8. The molecule has 3 nitrogen and oxygen atoms in total. The average molecular weight is 243 g/mol. The van der Waals surface area contributed by atoms with Gasteiger partial charge in [-0.3, -0.25) is 0 Å². The smallest absolute Gasteiger partial charge is 0.150 e. The van der Waals surface area contributed by atoms with Crippen molar-refractivity contribution in [1.29, 1.82) is 0 Å². The van der Waals surface area contributed by atoms with E-state index in [-0.39, 0.29) is 23.2 Å². The number of sulfone groups is 1. The molecule has 2 N–H and O–H groups in total. The first-order valence-corrected chi connectivity index (χ1v) is 7.03. The Morgan fingerprint density at radius 2 is 2.19 bits per heavy atom. The van der Waals surface area contributed by atoms with E-state index in [1.54, 1.807) is 6.07 Å². The van der Waals surface area contributed by atoms with Crippen molar-refractivity contribution in [3.63, 3.8) is 0 Å². The molecule has 1 unspecified atom stereocenters. The first-order chi connectivity index (χ1) is 7.46. The second-order valence-corrected chi connectivity index (χ2v) is 6.55. The van der Waals surface area contributed by atoms with Crippen molar-refractivity contribution in [1.82, 2.24) is 0 Å². The predicted octanol–water partition coefficient (Wildman–Crippen LogP) is 1.39. The molecule has 1 heterocycles. The van der Waals surface area contributed by atoms with Crippen LogP contribution in [0.5, 0.6) is 0 Å². The molecule has 0 spiro atoms. The minimum Gasteiger partial charge on any atom is -0.398 e. The van der Waals surface area contributed by atoms with E-state index in [2.05, 4.69) is 0 Å². The summed E-state index contributed by atoms with van der Waals surface area (Å²) in [6, 6.07) is 4.27. The Morgan fingerprint density at radius 3 is 2.75 bits per heavy atom. The molecular weight excluding hydrogens is 229 g/mol. The van der Waals surface area contributed by atoms with Gasteiger partial charge in [-0.1, -0.05) is 6.07 Å². The first kappa shape index (κ1) is 11.4. The summed E-state index contributed by atoms with van der Waals surface area (Å²) in [5, 5.41) is 0. The largest absolute Gasteiger partial charge is 0.398 e. The Balaban J connectivity index is 2.11. The van der Waals surface area contributed by atoms with E-state index in [0.29, 0.717) is 18.5 Å². The summed E-state index contributed by atoms with van der Waals surface area (Å²) in [6.45, 7) is 0. The van der Waals surface area contributed by atoms with Crippen molar-refractivity contribution in [2.45, 2.75) is 12.8 Å². The number of nitrogens with two attached hydrogens (primary N) is 1. The minimum atomic E-state index is -2.85. The molecule has 0 aliphatic carbocycles. The van der Waals surface area contributed by atoms with Crippen LogP contribution >= 0.6 is 0 Å². The minimum absolute atomic E-state index is 0.123. The second-order valence-electron chi connectivity index (χ2n) is 4.32. The third-order valence-electron chi connectivity index (χ3n) is 2.94. The third kappa shape index (κ3) is 2.52. The topological polar surface area (TPSA) is 60.2 Å². The van der Waals surface area contributed by atoms with Crippen LogP contribution in [0.25, 0.3) is 0 Å². The van der Waals surface area contributed by atoms with Gasteiger partial charge in [-0.2, -0.15) is 0 Å². The van der Waals surface area contributed by atoms with Crippen LogP contribution in [0.2, 0.25) is 0 Å². The summed E-state index contributed by atoms with van der Waals surface area (Å²) in [6.07, 6.45) is 1.30. The van der Waals surface area contributed by atoms with Gasteiger partial charge >= 0.3 is 0 Å². The van der Waals surface area contributed by atoms with Crippen LogP contribution < -0.4 is 5.73 Å². The molecule has 1 aromatic carbocycles. The summed E-state index contributed by atoms with van der Waals surface area (Å²) >= 11 is 0. The van der Waals surface area contributed by atoms with E-state index in [1.807, 2.05) is 0 Å². The van der Waals surface area contributed by atoms with Crippen LogP contribution in [-0.2, 0) is 16.3 Å². The summed E-state index contributed by atoms with van der Waals surface area (Å²) in [7, 11) is -2.85. The van der Waals surface area contributed by atoms with Crippen molar-refractivity contribution in [2.75, 3.05) is 17.2 Å². The number of hydrogen-bond acceptors (Lipinski definition) is 3. The van der Waals surface area contributed by atoms with Gasteiger partial charge in [-0.05, 0) is 36.5 Å². The van der Waals surface area contributed by atoms with Gasteiger partial charge in [-0.25, -0.2) is 12.8 Å². The van der Waals surface area contributed by atoms with E-state index in [4.69, 9.17) is 5.73 Å². The van der Waals surface area contributed by atoms with Crippen molar-refractivity contribution in [2.24, 2.45) is 5.92 Å². The van der Waals surface area contributed by atoms with E-state index in [0.717, 1.165) is 5.56 Å². The lowest BCUT2D eigenvalue weighted by atomic mass is 9.98. The molecule has 1 fully saturated rings. The lowest BCUT2D eigenvalue weighted by Crippen LogP contribution is -2.09. The monoisotopic (exact) mass is 243 g/mol. The molecule has 0 bridgehead atoms. The van der Waals surface area contributed by atoms with Gasteiger partial charge in [0, 0.05) is 5.69 Å². The molecule has 88 valence electrons. The zero-order chi connectivity index (χ0) is 11.8. The van der Waals surface area contributed by atoms with Gasteiger partial charge in [-0.15, -0.1) is 0 Å². The van der Waals surface area contributed by atoms with E-state index in [9.17, 15) is 12.8 Å². The van der Waals surface area contributed by atoms with Crippen molar-refractivity contribution >= 4 is 15.5 Å². The van der Waals surface area contributed by atoms with Crippen LogP contribution in [0.1, 0.15) is 12.0 Å². The number of anilines is 1. The molecular formula is C11H14FNO2S. The highest BCUT2D eigenvalue weighted by Gasteiger charge is 2.28. The van der Waals surface area contributed by atoms with Crippen molar-refractivity contribution in [3.8, 4) is 0 Å². The molecule has 1 aliphatic heterocycles. The van der Waals surface area contributed by atoms with E-state index >= 15 is 0 Å². The van der Waals surface area contributed by atoms with Crippen LogP contribution in [0.3, 0.4) is 0 Å². The fraction of sp³-hybridized carbons (Fsp3) is 0.455. The Bertz CT molecular complexity index is 499. The van der Waals surface area contributed by atoms with Gasteiger partial charge in [0.25, 0.3) is 0 Å². The fourth-order valence-electron chi connectivity index (χ4n) is 2.10. The zero-order valence-corrected chi connectivity index (χ0v) is 9.63. The lowest BCUT2D eigenvalue weighted by molar-refractivity contribution is 0.582. The summed E-state index contributed by atoms with van der Waals surface area (Å²) in [4.78, 5) is 0. The number of hydrogen-bond donors (Lipinski definition) is 1. The van der Waals surface area contributed by atoms with Crippen LogP contribution in [0.4, 0.5) is 10.1 Å². The number of halogens is 1. The molecule has 16 heavy (non-hydrogen) atoms. The summed E-state index contributed by atoms with van der Waals surface area (Å²) in [5.41, 5.74) is 6.92. The predicted molar refractivity (Wildman–Crippen MR) is 61.3 cm³/mol. The maximum absolute atomic E-state index is 12.8. The highest BCUT2D eigenvalue weighted by molar-refractivity contribution is 7.91. The molecule has 0 aromatic heterocycles. The summed E-state index contributed by atoms with van der Waals surface area (Å²) in [5.74, 6) is 0.251. The normalized spacial score (nSPS) is 23.4.